The molecule has 1 unspecified atom stereocenters. The van der Waals surface area contributed by atoms with Crippen LogP contribution in [0.3, 0.4) is 0 Å². The van der Waals surface area contributed by atoms with Gasteiger partial charge in [0.1, 0.15) is 18.1 Å². The highest BCUT2D eigenvalue weighted by Crippen LogP contribution is 2.44. The summed E-state index contributed by atoms with van der Waals surface area (Å²) in [5, 5.41) is 16.3. The summed E-state index contributed by atoms with van der Waals surface area (Å²) in [5.41, 5.74) is 3.45. The van der Waals surface area contributed by atoms with Gasteiger partial charge in [0, 0.05) is 32.3 Å². The third-order valence-corrected chi connectivity index (χ3v) is 11.9. The van der Waals surface area contributed by atoms with Crippen molar-refractivity contribution in [3.05, 3.63) is 63.3 Å². The van der Waals surface area contributed by atoms with Crippen molar-refractivity contribution in [3.63, 3.8) is 0 Å². The van der Waals surface area contributed by atoms with Crippen LogP contribution in [0.5, 0.6) is 0 Å². The molecule has 3 N–H and O–H groups in total. The Hall–Kier alpha value is -3.38. The average Bonchev–Trinajstić information content (AvgIpc) is 3.28. The fourth-order valence-corrected chi connectivity index (χ4v) is 8.40. The van der Waals surface area contributed by atoms with E-state index in [0.29, 0.717) is 35.5 Å². The van der Waals surface area contributed by atoms with Crippen molar-refractivity contribution in [3.8, 4) is 0 Å². The van der Waals surface area contributed by atoms with Crippen LogP contribution in [0.2, 0.25) is 25.2 Å². The van der Waals surface area contributed by atoms with Gasteiger partial charge in [-0.2, -0.15) is 13.2 Å². The molecule has 0 aromatic heterocycles. The standard InChI is InChI=1S/C29H34F3N3O5Si/c1-4-28(39)21-14-22-24(25(36)20(21)16-40-27(28)38)35-15-19-17(7-5-8-18(19)13-23(35)34-22)9-12-41(2,3)11-6-10-33-26(37)29(30,31)32/h5,7-8,13,34,39H,4,6,9-12,14-16H2,1-3H3,(H,33,37). The number of aliphatic hydroxyl groups is 1. The number of rotatable bonds is 8. The molecule has 1 amide bonds. The number of ketones is 1. The molecule has 0 fully saturated rings. The molecule has 4 aliphatic rings. The minimum Gasteiger partial charge on any atom is -0.458 e. The molecule has 8 nitrogen and oxygen atoms in total. The number of alkyl halides is 3. The Labute approximate surface area is 237 Å². The Kier molecular flexibility index (Phi) is 7.43. The number of cyclic esters (lactones) is 1. The lowest BCUT2D eigenvalue weighted by atomic mass is 9.78. The van der Waals surface area contributed by atoms with E-state index < -0.39 is 31.7 Å². The summed E-state index contributed by atoms with van der Waals surface area (Å²) < 4.78 is 42.5. The Balaban J connectivity index is 1.28. The van der Waals surface area contributed by atoms with Crippen molar-refractivity contribution < 1.29 is 37.4 Å². The molecule has 220 valence electrons. The number of carbonyl (C=O) groups is 3. The molecule has 1 aliphatic carbocycles. The number of Topliss-reactive ketones (excluding diaryl/α,β-unsaturated/α-hetero) is 1. The SMILES string of the molecule is CCC1(O)C(=O)OCC2=C1CC1=C(C2=O)N2Cc3c(cccc3CC[Si](C)(C)CCCNC(=O)C(F)(F)F)C=C2N1. The fourth-order valence-electron chi connectivity index (χ4n) is 6.07. The molecule has 0 radical (unpaired) electrons. The van der Waals surface area contributed by atoms with Gasteiger partial charge in [-0.25, -0.2) is 4.79 Å². The van der Waals surface area contributed by atoms with Crippen LogP contribution in [0.4, 0.5) is 13.2 Å². The number of nitrogens with one attached hydrogen (secondary N) is 2. The molecule has 0 saturated heterocycles. The van der Waals surface area contributed by atoms with Gasteiger partial charge in [0.15, 0.2) is 5.60 Å². The van der Waals surface area contributed by atoms with Crippen LogP contribution in [0.25, 0.3) is 6.08 Å². The van der Waals surface area contributed by atoms with Crippen LogP contribution in [-0.4, -0.2) is 60.7 Å². The van der Waals surface area contributed by atoms with Crippen molar-refractivity contribution in [1.82, 2.24) is 15.5 Å². The lowest BCUT2D eigenvalue weighted by Gasteiger charge is -2.36. The molecular formula is C29H34F3N3O5Si. The maximum atomic E-state index is 13.7. The number of carbonyl (C=O) groups excluding carboxylic acids is 3. The van der Waals surface area contributed by atoms with Crippen LogP contribution < -0.4 is 10.6 Å². The second-order valence-electron chi connectivity index (χ2n) is 11.8. The highest BCUT2D eigenvalue weighted by molar-refractivity contribution is 6.77. The van der Waals surface area contributed by atoms with E-state index in [2.05, 4.69) is 24.5 Å². The van der Waals surface area contributed by atoms with E-state index in [0.717, 1.165) is 41.0 Å². The Morgan fingerprint density at radius 1 is 1.24 bits per heavy atom. The van der Waals surface area contributed by atoms with Crippen molar-refractivity contribution in [2.45, 2.75) is 76.1 Å². The summed E-state index contributed by atoms with van der Waals surface area (Å²) in [4.78, 5) is 39.1. The largest absolute Gasteiger partial charge is 0.471 e. The van der Waals surface area contributed by atoms with Crippen molar-refractivity contribution in [1.29, 1.82) is 0 Å². The first-order valence-electron chi connectivity index (χ1n) is 13.9. The monoisotopic (exact) mass is 589 g/mol. The summed E-state index contributed by atoms with van der Waals surface area (Å²) >= 11 is 0. The van der Waals surface area contributed by atoms with Crippen LogP contribution in [0.1, 0.15) is 42.9 Å². The molecule has 0 spiro atoms. The van der Waals surface area contributed by atoms with Crippen LogP contribution in [0.15, 0.2) is 46.6 Å². The van der Waals surface area contributed by atoms with Crippen molar-refractivity contribution in [2.75, 3.05) is 13.2 Å². The van der Waals surface area contributed by atoms with Crippen LogP contribution >= 0.6 is 0 Å². The molecule has 0 saturated carbocycles. The van der Waals surface area contributed by atoms with E-state index in [1.165, 1.54) is 0 Å². The summed E-state index contributed by atoms with van der Waals surface area (Å²) in [7, 11) is -1.77. The number of aryl methyl sites for hydroxylation is 1. The van der Waals surface area contributed by atoms with Gasteiger partial charge in [0.25, 0.3) is 0 Å². The molecule has 12 heteroatoms. The lowest BCUT2D eigenvalue weighted by Crippen LogP contribution is -2.48. The van der Waals surface area contributed by atoms with Gasteiger partial charge in [-0.05, 0) is 47.6 Å². The zero-order valence-corrected chi connectivity index (χ0v) is 24.3. The second kappa shape index (κ2) is 10.5. The maximum absolute atomic E-state index is 13.7. The first kappa shape index (κ1) is 29.1. The molecule has 1 atom stereocenters. The number of hydrogen-bond acceptors (Lipinski definition) is 7. The van der Waals surface area contributed by atoms with Crippen LogP contribution in [-0.2, 0) is 32.1 Å². The number of nitrogens with zero attached hydrogens (tertiary/aromatic N) is 1. The predicted molar refractivity (Wildman–Crippen MR) is 147 cm³/mol. The van der Waals surface area contributed by atoms with Gasteiger partial charge in [-0.15, -0.1) is 0 Å². The molecular weight excluding hydrogens is 555 g/mol. The maximum Gasteiger partial charge on any atom is 0.471 e. The lowest BCUT2D eigenvalue weighted by molar-refractivity contribution is -0.173. The van der Waals surface area contributed by atoms with Crippen molar-refractivity contribution in [2.24, 2.45) is 0 Å². The average molecular weight is 590 g/mol. The van der Waals surface area contributed by atoms with E-state index >= 15 is 0 Å². The van der Waals surface area contributed by atoms with Gasteiger partial charge >= 0.3 is 18.1 Å². The van der Waals surface area contributed by atoms with Gasteiger partial charge in [-0.1, -0.05) is 50.3 Å². The van der Waals surface area contributed by atoms with E-state index in [-0.39, 0.29) is 31.8 Å². The third-order valence-electron chi connectivity index (χ3n) is 8.59. The van der Waals surface area contributed by atoms with Crippen LogP contribution in [0, 0.1) is 0 Å². The second-order valence-corrected chi connectivity index (χ2v) is 17.2. The van der Waals surface area contributed by atoms with Gasteiger partial charge < -0.3 is 25.4 Å². The topological polar surface area (TPSA) is 108 Å². The number of halogens is 3. The molecule has 41 heavy (non-hydrogen) atoms. The first-order chi connectivity index (χ1) is 19.2. The van der Waals surface area contributed by atoms with Crippen molar-refractivity contribution >= 4 is 31.8 Å². The number of allylic oxidation sites excluding steroid dienone is 2. The third kappa shape index (κ3) is 5.34. The number of ether oxygens (including phenoxy) is 1. The molecule has 0 bridgehead atoms. The fraction of sp³-hybridized carbons (Fsp3) is 0.483. The Morgan fingerprint density at radius 2 is 2.00 bits per heavy atom. The minimum absolute atomic E-state index is 0.00349. The number of hydrogen-bond donors (Lipinski definition) is 3. The number of fused-ring (bicyclic) bond motifs is 3. The number of benzene rings is 1. The number of esters is 1. The van der Waals surface area contributed by atoms with E-state index in [4.69, 9.17) is 4.74 Å². The van der Waals surface area contributed by atoms with Gasteiger partial charge in [0.05, 0.1) is 6.54 Å². The zero-order chi connectivity index (χ0) is 29.7. The minimum atomic E-state index is -4.86. The number of amides is 1. The molecule has 3 heterocycles. The Morgan fingerprint density at radius 3 is 2.71 bits per heavy atom. The summed E-state index contributed by atoms with van der Waals surface area (Å²) in [5.74, 6) is -2.09. The molecule has 3 aliphatic heterocycles. The summed E-state index contributed by atoms with van der Waals surface area (Å²) in [6.45, 7) is 6.43. The Bertz CT molecular complexity index is 1410. The van der Waals surface area contributed by atoms with E-state index in [1.807, 2.05) is 28.4 Å². The highest BCUT2D eigenvalue weighted by Gasteiger charge is 2.51. The molecule has 1 aromatic carbocycles. The zero-order valence-electron chi connectivity index (χ0n) is 23.3. The highest BCUT2D eigenvalue weighted by atomic mass is 28.3. The molecule has 5 rings (SSSR count). The van der Waals surface area contributed by atoms with E-state index in [1.54, 1.807) is 6.92 Å². The summed E-state index contributed by atoms with van der Waals surface area (Å²) in [6.07, 6.45) is -1.18. The van der Waals surface area contributed by atoms with E-state index in [9.17, 15) is 32.7 Å². The molecule has 1 aromatic rings. The smallest absolute Gasteiger partial charge is 0.458 e. The predicted octanol–water partition coefficient (Wildman–Crippen LogP) is 3.90. The van der Waals surface area contributed by atoms with Gasteiger partial charge in [-0.3, -0.25) is 9.59 Å². The quantitative estimate of drug-likeness (QED) is 0.240. The summed E-state index contributed by atoms with van der Waals surface area (Å²) in [6, 6.07) is 7.82. The normalized spacial score (nSPS) is 21.9. The van der Waals surface area contributed by atoms with Gasteiger partial charge in [0.2, 0.25) is 5.78 Å². The first-order valence-corrected chi connectivity index (χ1v) is 17.3.